The van der Waals surface area contributed by atoms with E-state index < -0.39 is 17.7 Å². The summed E-state index contributed by atoms with van der Waals surface area (Å²) in [5, 5.41) is 11.4. The number of Topliss-reactive ketones (excluding diaryl/α,β-unsaturated/α-hetero) is 1. The molecule has 1 saturated heterocycles. The van der Waals surface area contributed by atoms with Crippen LogP contribution in [0.15, 0.2) is 78.4 Å². The Labute approximate surface area is 210 Å². The number of aliphatic hydroxyl groups excluding tert-OH is 1. The maximum Gasteiger partial charge on any atom is 0.295 e. The van der Waals surface area contributed by atoms with Crippen LogP contribution in [-0.4, -0.2) is 34.4 Å². The average Bonchev–Trinajstić information content (AvgIpc) is 3.39. The van der Waals surface area contributed by atoms with Gasteiger partial charge in [-0.25, -0.2) is 0 Å². The van der Waals surface area contributed by atoms with Crippen LogP contribution in [-0.2, 0) is 22.6 Å². The third kappa shape index (κ3) is 4.47. The van der Waals surface area contributed by atoms with E-state index in [9.17, 15) is 14.7 Å². The Balaban J connectivity index is 1.58. The van der Waals surface area contributed by atoms with Crippen LogP contribution in [0.1, 0.15) is 48.6 Å². The van der Waals surface area contributed by atoms with Gasteiger partial charge in [0.05, 0.1) is 18.2 Å². The molecule has 0 saturated carbocycles. The lowest BCUT2D eigenvalue weighted by Crippen LogP contribution is -2.29. The van der Waals surface area contributed by atoms with Gasteiger partial charge in [0.15, 0.2) is 0 Å². The summed E-state index contributed by atoms with van der Waals surface area (Å²) in [5.41, 5.74) is 3.19. The molecule has 0 spiro atoms. The smallest absolute Gasteiger partial charge is 0.295 e. The minimum atomic E-state index is -0.728. The molecule has 1 fully saturated rings. The minimum Gasteiger partial charge on any atom is -0.507 e. The van der Waals surface area contributed by atoms with Crippen LogP contribution in [0.3, 0.4) is 0 Å². The van der Waals surface area contributed by atoms with E-state index >= 15 is 0 Å². The Kier molecular flexibility index (Phi) is 6.51. The molecule has 1 amide bonds. The summed E-state index contributed by atoms with van der Waals surface area (Å²) in [6.45, 7) is 4.88. The Morgan fingerprint density at radius 2 is 1.81 bits per heavy atom. The number of ether oxygens (including phenoxy) is 2. The Morgan fingerprint density at radius 1 is 1.06 bits per heavy atom. The maximum absolute atomic E-state index is 13.3. The first-order valence-electron chi connectivity index (χ1n) is 12.3. The first-order chi connectivity index (χ1) is 17.5. The zero-order chi connectivity index (χ0) is 25.2. The van der Waals surface area contributed by atoms with E-state index in [1.54, 1.807) is 6.07 Å². The van der Waals surface area contributed by atoms with Crippen LogP contribution in [0.5, 0.6) is 11.5 Å². The van der Waals surface area contributed by atoms with Crippen molar-refractivity contribution in [1.29, 1.82) is 0 Å². The van der Waals surface area contributed by atoms with Crippen molar-refractivity contribution in [3.8, 4) is 11.5 Å². The molecule has 0 aromatic heterocycles. The van der Waals surface area contributed by atoms with Gasteiger partial charge in [0.25, 0.3) is 11.7 Å². The van der Waals surface area contributed by atoms with Gasteiger partial charge in [0, 0.05) is 18.5 Å². The number of carbonyl (C=O) groups excluding carboxylic acids is 2. The molecule has 2 aliphatic heterocycles. The quantitative estimate of drug-likeness (QED) is 0.276. The summed E-state index contributed by atoms with van der Waals surface area (Å²) in [6, 6.07) is 21.6. The van der Waals surface area contributed by atoms with Gasteiger partial charge in [0.1, 0.15) is 23.4 Å². The number of ketones is 1. The first-order valence-corrected chi connectivity index (χ1v) is 12.3. The van der Waals surface area contributed by atoms with Crippen LogP contribution in [0.2, 0.25) is 0 Å². The summed E-state index contributed by atoms with van der Waals surface area (Å²) in [7, 11) is 0. The molecular formula is C30H29NO5. The number of nitrogens with zero attached hydrogens (tertiary/aromatic N) is 1. The van der Waals surface area contributed by atoms with Crippen molar-refractivity contribution in [2.45, 2.75) is 45.4 Å². The zero-order valence-corrected chi connectivity index (χ0v) is 20.4. The van der Waals surface area contributed by atoms with Crippen LogP contribution in [0.4, 0.5) is 0 Å². The average molecular weight is 484 g/mol. The molecule has 36 heavy (non-hydrogen) atoms. The summed E-state index contributed by atoms with van der Waals surface area (Å²) < 4.78 is 11.5. The summed E-state index contributed by atoms with van der Waals surface area (Å²) in [6.07, 6.45) is 1.67. The maximum atomic E-state index is 13.3. The SMILES string of the molecule is CCCOc1ccc(C2C(=C(O)c3ccc4c(c3)CC(C)O4)C(=O)C(=O)N2Cc2ccccc2)cc1. The van der Waals surface area contributed by atoms with Gasteiger partial charge >= 0.3 is 0 Å². The highest BCUT2D eigenvalue weighted by molar-refractivity contribution is 6.46. The van der Waals surface area contributed by atoms with Crippen LogP contribution >= 0.6 is 0 Å². The van der Waals surface area contributed by atoms with E-state index in [4.69, 9.17) is 9.47 Å². The topological polar surface area (TPSA) is 76.1 Å². The Hall–Kier alpha value is -4.06. The van der Waals surface area contributed by atoms with Crippen molar-refractivity contribution in [3.63, 3.8) is 0 Å². The highest BCUT2D eigenvalue weighted by atomic mass is 16.5. The normalized spacial score (nSPS) is 20.3. The number of rotatable bonds is 7. The largest absolute Gasteiger partial charge is 0.507 e. The molecule has 3 aromatic rings. The number of benzene rings is 3. The summed E-state index contributed by atoms with van der Waals surface area (Å²) in [5.74, 6) is -0.00147. The van der Waals surface area contributed by atoms with Crippen molar-refractivity contribution < 1.29 is 24.2 Å². The molecule has 2 aliphatic rings. The Bertz CT molecular complexity index is 1310. The predicted octanol–water partition coefficient (Wildman–Crippen LogP) is 5.42. The molecule has 2 unspecified atom stereocenters. The second-order valence-corrected chi connectivity index (χ2v) is 9.29. The fraction of sp³-hybridized carbons (Fsp3) is 0.267. The third-order valence-electron chi connectivity index (χ3n) is 6.57. The number of fused-ring (bicyclic) bond motifs is 1. The van der Waals surface area contributed by atoms with Crippen LogP contribution in [0, 0.1) is 0 Å². The van der Waals surface area contributed by atoms with E-state index in [0.717, 1.165) is 35.3 Å². The molecular weight excluding hydrogens is 454 g/mol. The highest BCUT2D eigenvalue weighted by Crippen LogP contribution is 2.41. The predicted molar refractivity (Wildman–Crippen MR) is 137 cm³/mol. The van der Waals surface area contributed by atoms with E-state index in [-0.39, 0.29) is 24.0 Å². The third-order valence-corrected chi connectivity index (χ3v) is 6.57. The van der Waals surface area contributed by atoms with Crippen molar-refractivity contribution >= 4 is 17.4 Å². The number of carbonyl (C=O) groups is 2. The Morgan fingerprint density at radius 3 is 2.53 bits per heavy atom. The number of hydrogen-bond acceptors (Lipinski definition) is 5. The molecule has 0 aliphatic carbocycles. The fourth-order valence-corrected chi connectivity index (χ4v) is 4.86. The summed E-state index contributed by atoms with van der Waals surface area (Å²) >= 11 is 0. The zero-order valence-electron chi connectivity index (χ0n) is 20.4. The monoisotopic (exact) mass is 483 g/mol. The van der Waals surface area contributed by atoms with Crippen molar-refractivity contribution in [2.75, 3.05) is 6.61 Å². The number of likely N-dealkylation sites (tertiary alicyclic amines) is 1. The first kappa shape index (κ1) is 23.7. The van der Waals surface area contributed by atoms with Crippen LogP contribution in [0.25, 0.3) is 5.76 Å². The van der Waals surface area contributed by atoms with Crippen molar-refractivity contribution in [1.82, 2.24) is 4.90 Å². The van der Waals surface area contributed by atoms with Crippen molar-refractivity contribution in [3.05, 3.63) is 101 Å². The second-order valence-electron chi connectivity index (χ2n) is 9.29. The molecule has 0 radical (unpaired) electrons. The van der Waals surface area contributed by atoms with Crippen molar-refractivity contribution in [2.24, 2.45) is 0 Å². The van der Waals surface area contributed by atoms with E-state index in [1.165, 1.54) is 4.90 Å². The van der Waals surface area contributed by atoms with Crippen LogP contribution < -0.4 is 9.47 Å². The number of aliphatic hydroxyl groups is 1. The highest BCUT2D eigenvalue weighted by Gasteiger charge is 2.46. The standard InChI is InChI=1S/C30H29NO5/c1-3-15-35-24-12-9-21(10-13-24)27-26(28(32)22-11-14-25-23(17-22)16-19(2)36-25)29(33)30(34)31(27)18-20-7-5-4-6-8-20/h4-14,17,19,27,32H,3,15-16,18H2,1-2H3. The lowest BCUT2D eigenvalue weighted by Gasteiger charge is -2.25. The van der Waals surface area contributed by atoms with E-state index in [1.807, 2.05) is 80.6 Å². The van der Waals surface area contributed by atoms with Gasteiger partial charge in [-0.15, -0.1) is 0 Å². The molecule has 6 nitrogen and oxygen atoms in total. The number of hydrogen-bond donors (Lipinski definition) is 1. The van der Waals surface area contributed by atoms with Gasteiger partial charge in [-0.3, -0.25) is 9.59 Å². The molecule has 6 heteroatoms. The van der Waals surface area contributed by atoms with Gasteiger partial charge in [-0.2, -0.15) is 0 Å². The molecule has 2 heterocycles. The second kappa shape index (κ2) is 9.90. The fourth-order valence-electron chi connectivity index (χ4n) is 4.86. The van der Waals surface area contributed by atoms with Gasteiger partial charge in [-0.05, 0) is 60.4 Å². The van der Waals surface area contributed by atoms with Gasteiger partial charge in [-0.1, -0.05) is 49.4 Å². The summed E-state index contributed by atoms with van der Waals surface area (Å²) in [4.78, 5) is 28.1. The lowest BCUT2D eigenvalue weighted by molar-refractivity contribution is -0.140. The van der Waals surface area contributed by atoms with E-state index in [0.29, 0.717) is 17.9 Å². The molecule has 0 bridgehead atoms. The van der Waals surface area contributed by atoms with E-state index in [2.05, 4.69) is 0 Å². The van der Waals surface area contributed by atoms with Gasteiger partial charge < -0.3 is 19.5 Å². The van der Waals surface area contributed by atoms with Gasteiger partial charge in [0.2, 0.25) is 0 Å². The molecule has 5 rings (SSSR count). The lowest BCUT2D eigenvalue weighted by atomic mass is 9.94. The molecule has 1 N–H and O–H groups in total. The molecule has 2 atom stereocenters. The minimum absolute atomic E-state index is 0.0577. The number of amides is 1. The molecule has 3 aromatic carbocycles. The molecule has 184 valence electrons.